The average molecular weight is 627 g/mol. The number of nitrogens with one attached hydrogen (secondary N) is 3. The molecule has 2 amide bonds. The molecule has 2 aliphatic heterocycles. The number of amides is 2. The predicted molar refractivity (Wildman–Crippen MR) is 183 cm³/mol. The molecular weight excluding hydrogens is 576 g/mol. The first-order valence-electron chi connectivity index (χ1n) is 16.7. The number of pyridine rings is 1. The Morgan fingerprint density at radius 2 is 2.00 bits per heavy atom. The van der Waals surface area contributed by atoms with Crippen LogP contribution in [0.4, 0.5) is 0 Å². The summed E-state index contributed by atoms with van der Waals surface area (Å²) >= 11 is 0. The standard InChI is InChI=1S/C37H50N6O3/c1-24(27-15-17-46-23-27)18-28(19-25-11-12-25)26-13-14-31(39-21-26)34(43-38)35(45)42-32-20-30(22-40-37(32,4)5)41-33(44)10-6-8-29-9-7-16-36(29,2)3/h13-14,18-22,27,29,40H,1,6-12,15-17,23,38H2,2-5H3,(H,41,44)(H,42,45)/b28-18+,43-34+/t27?,29-/m1/s1. The number of carbonyl (C=O) groups excluding carboxylic acids is 2. The maximum Gasteiger partial charge on any atom is 0.278 e. The summed E-state index contributed by atoms with van der Waals surface area (Å²) in [7, 11) is 0. The fraction of sp³-hybridized carbons (Fsp3) is 0.514. The first-order valence-corrected chi connectivity index (χ1v) is 16.7. The first kappa shape index (κ1) is 33.4. The molecule has 3 fully saturated rings. The van der Waals surface area contributed by atoms with Gasteiger partial charge in [-0.15, -0.1) is 0 Å². The van der Waals surface area contributed by atoms with Crippen LogP contribution in [0.3, 0.4) is 0 Å². The number of ether oxygens (including phenoxy) is 1. The van der Waals surface area contributed by atoms with Crippen LogP contribution in [0.25, 0.3) is 5.57 Å². The molecule has 1 unspecified atom stereocenters. The maximum absolute atomic E-state index is 13.5. The Morgan fingerprint density at radius 3 is 2.63 bits per heavy atom. The highest BCUT2D eigenvalue weighted by atomic mass is 16.5. The summed E-state index contributed by atoms with van der Waals surface area (Å²) < 4.78 is 5.55. The van der Waals surface area contributed by atoms with Gasteiger partial charge in [-0.05, 0) is 93.4 Å². The maximum atomic E-state index is 13.5. The molecule has 1 saturated heterocycles. The first-order chi connectivity index (χ1) is 21.9. The number of rotatable bonds is 12. The number of hydrogen-bond acceptors (Lipinski definition) is 7. The van der Waals surface area contributed by atoms with Gasteiger partial charge < -0.3 is 26.5 Å². The summed E-state index contributed by atoms with van der Waals surface area (Å²) in [4.78, 5) is 30.8. The van der Waals surface area contributed by atoms with Gasteiger partial charge in [0.15, 0.2) is 5.71 Å². The molecule has 4 aliphatic rings. The second-order valence-corrected chi connectivity index (χ2v) is 14.3. The van der Waals surface area contributed by atoms with Crippen LogP contribution in [0, 0.1) is 17.3 Å². The second-order valence-electron chi connectivity index (χ2n) is 14.3. The molecule has 46 heavy (non-hydrogen) atoms. The molecule has 2 aliphatic carbocycles. The van der Waals surface area contributed by atoms with E-state index in [0.717, 1.165) is 55.4 Å². The molecular formula is C37H50N6O3. The summed E-state index contributed by atoms with van der Waals surface area (Å²) in [6.07, 6.45) is 19.0. The number of hydrazone groups is 1. The van der Waals surface area contributed by atoms with Crippen molar-refractivity contribution in [2.75, 3.05) is 13.2 Å². The van der Waals surface area contributed by atoms with E-state index in [0.29, 0.717) is 47.4 Å². The van der Waals surface area contributed by atoms with Gasteiger partial charge in [-0.2, -0.15) is 5.10 Å². The predicted octanol–water partition coefficient (Wildman–Crippen LogP) is 5.78. The van der Waals surface area contributed by atoms with Crippen LogP contribution in [0.2, 0.25) is 0 Å². The topological polar surface area (TPSA) is 131 Å². The van der Waals surface area contributed by atoms with Crippen molar-refractivity contribution >= 4 is 23.1 Å². The molecule has 0 aromatic carbocycles. The average Bonchev–Trinajstić information content (AvgIpc) is 3.51. The number of carbonyl (C=O) groups is 2. The Balaban J connectivity index is 1.22. The van der Waals surface area contributed by atoms with Gasteiger partial charge in [0.05, 0.1) is 23.5 Å². The summed E-state index contributed by atoms with van der Waals surface area (Å²) in [6, 6.07) is 3.69. The van der Waals surface area contributed by atoms with Crippen LogP contribution in [0.1, 0.15) is 96.7 Å². The molecule has 3 heterocycles. The lowest BCUT2D eigenvalue weighted by molar-refractivity contribution is -0.120. The normalized spacial score (nSPS) is 23.6. The van der Waals surface area contributed by atoms with Gasteiger partial charge in [0.25, 0.3) is 5.91 Å². The van der Waals surface area contributed by atoms with Crippen molar-refractivity contribution in [3.05, 3.63) is 83.1 Å². The molecule has 1 aromatic rings. The number of allylic oxidation sites excluding steroid dienone is 5. The molecule has 0 radical (unpaired) electrons. The molecule has 2 atom stereocenters. The monoisotopic (exact) mass is 626 g/mol. The van der Waals surface area contributed by atoms with Gasteiger partial charge in [-0.1, -0.05) is 50.6 Å². The number of hydrogen-bond donors (Lipinski definition) is 4. The van der Waals surface area contributed by atoms with Crippen molar-refractivity contribution in [3.8, 4) is 0 Å². The molecule has 246 valence electrons. The van der Waals surface area contributed by atoms with Crippen LogP contribution in [0.15, 0.2) is 77.0 Å². The zero-order valence-electron chi connectivity index (χ0n) is 27.9. The van der Waals surface area contributed by atoms with E-state index in [4.69, 9.17) is 10.6 Å². The van der Waals surface area contributed by atoms with E-state index in [1.165, 1.54) is 24.8 Å². The van der Waals surface area contributed by atoms with Crippen LogP contribution < -0.4 is 21.8 Å². The molecule has 1 aromatic heterocycles. The molecule has 9 heteroatoms. The van der Waals surface area contributed by atoms with E-state index in [1.807, 2.05) is 19.9 Å². The van der Waals surface area contributed by atoms with Crippen molar-refractivity contribution in [3.63, 3.8) is 0 Å². The molecule has 2 saturated carbocycles. The van der Waals surface area contributed by atoms with Crippen molar-refractivity contribution < 1.29 is 14.3 Å². The lowest BCUT2D eigenvalue weighted by Crippen LogP contribution is -2.49. The molecule has 5 rings (SSSR count). The third-order valence-corrected chi connectivity index (χ3v) is 9.91. The summed E-state index contributed by atoms with van der Waals surface area (Å²) in [5.74, 6) is 6.21. The smallest absolute Gasteiger partial charge is 0.278 e. The van der Waals surface area contributed by atoms with E-state index in [9.17, 15) is 9.59 Å². The van der Waals surface area contributed by atoms with Gasteiger partial charge >= 0.3 is 0 Å². The van der Waals surface area contributed by atoms with E-state index in [1.54, 1.807) is 24.5 Å². The SMILES string of the molecule is C=C(/C=C(\C=C1CC1)c1ccc(/C(=N\N)C(=O)NC2=CC(NC(=O)CCC[C@@H]3CCCC3(C)C)=CNC2(C)C)nc1)C1CCOC1. The summed E-state index contributed by atoms with van der Waals surface area (Å²) in [5, 5.41) is 13.0. The van der Waals surface area contributed by atoms with Crippen LogP contribution in [0.5, 0.6) is 0 Å². The quantitative estimate of drug-likeness (QED) is 0.101. The molecule has 9 nitrogen and oxygen atoms in total. The number of nitrogens with zero attached hydrogens (tertiary/aromatic N) is 2. The van der Waals surface area contributed by atoms with E-state index in [2.05, 4.69) is 58.6 Å². The summed E-state index contributed by atoms with van der Waals surface area (Å²) in [5.41, 5.74) is 5.72. The van der Waals surface area contributed by atoms with Crippen molar-refractivity contribution in [1.29, 1.82) is 0 Å². The van der Waals surface area contributed by atoms with Gasteiger partial charge in [0.2, 0.25) is 5.91 Å². The zero-order valence-corrected chi connectivity index (χ0v) is 27.9. The zero-order chi connectivity index (χ0) is 32.9. The Morgan fingerprint density at radius 1 is 1.20 bits per heavy atom. The highest BCUT2D eigenvalue weighted by molar-refractivity contribution is 6.45. The van der Waals surface area contributed by atoms with Crippen LogP contribution in [-0.2, 0) is 14.3 Å². The minimum absolute atomic E-state index is 0.0109. The van der Waals surface area contributed by atoms with E-state index < -0.39 is 11.4 Å². The Labute approximate surface area is 273 Å². The fourth-order valence-electron chi connectivity index (χ4n) is 6.56. The fourth-order valence-corrected chi connectivity index (χ4v) is 6.56. The highest BCUT2D eigenvalue weighted by Gasteiger charge is 2.34. The number of aromatic nitrogens is 1. The Hall–Kier alpha value is -3.98. The van der Waals surface area contributed by atoms with E-state index >= 15 is 0 Å². The Kier molecular flexibility index (Phi) is 10.3. The van der Waals surface area contributed by atoms with Crippen molar-refractivity contribution in [2.45, 2.75) is 91.0 Å². The Bertz CT molecular complexity index is 1480. The minimum atomic E-state index is -0.600. The largest absolute Gasteiger partial charge is 0.381 e. The molecule has 0 spiro atoms. The third kappa shape index (κ3) is 8.43. The van der Waals surface area contributed by atoms with Crippen molar-refractivity contribution in [2.24, 2.45) is 28.2 Å². The van der Waals surface area contributed by atoms with Gasteiger partial charge in [0.1, 0.15) is 0 Å². The van der Waals surface area contributed by atoms with Crippen LogP contribution >= 0.6 is 0 Å². The van der Waals surface area contributed by atoms with Crippen molar-refractivity contribution in [1.82, 2.24) is 20.9 Å². The third-order valence-electron chi connectivity index (χ3n) is 9.91. The van der Waals surface area contributed by atoms with Gasteiger partial charge in [-0.25, -0.2) is 0 Å². The van der Waals surface area contributed by atoms with E-state index in [-0.39, 0.29) is 11.6 Å². The highest BCUT2D eigenvalue weighted by Crippen LogP contribution is 2.45. The number of nitrogens with two attached hydrogens (primary N) is 1. The lowest BCUT2D eigenvalue weighted by atomic mass is 9.79. The van der Waals surface area contributed by atoms with Gasteiger partial charge in [0, 0.05) is 42.6 Å². The minimum Gasteiger partial charge on any atom is -0.381 e. The number of dihydropyridines is 1. The van der Waals surface area contributed by atoms with Gasteiger partial charge in [-0.3, -0.25) is 14.6 Å². The second kappa shape index (κ2) is 14.2. The molecule has 5 N–H and O–H groups in total. The van der Waals surface area contributed by atoms with Crippen LogP contribution in [-0.4, -0.2) is 41.3 Å². The lowest BCUT2D eigenvalue weighted by Gasteiger charge is -2.33. The molecule has 0 bridgehead atoms. The summed E-state index contributed by atoms with van der Waals surface area (Å²) in [6.45, 7) is 14.3.